The molecule has 0 amide bonds. The van der Waals surface area contributed by atoms with Gasteiger partial charge in [-0.3, -0.25) is 14.9 Å². The Hall–Kier alpha value is -2.05. The summed E-state index contributed by atoms with van der Waals surface area (Å²) in [5, 5.41) is 10.4. The number of methoxy groups -OCH3 is 1. The summed E-state index contributed by atoms with van der Waals surface area (Å²) in [6, 6.07) is 2.95. The van der Waals surface area contributed by atoms with Gasteiger partial charge in [-0.2, -0.15) is 0 Å². The third kappa shape index (κ3) is 2.30. The maximum atomic E-state index is 12.2. The zero-order chi connectivity index (χ0) is 12.3. The molecule has 7 heteroatoms. The molecule has 5 nitrogen and oxygen atoms in total. The predicted octanol–water partition coefficient (Wildman–Crippen LogP) is 2.05. The SMILES string of the molecule is COc1ccc([N+](=O)[O-])cc1C(=O)C(F)F. The third-order valence-electron chi connectivity index (χ3n) is 1.86. The number of carbonyl (C=O) groups is 1. The molecule has 16 heavy (non-hydrogen) atoms. The molecule has 1 aromatic carbocycles. The van der Waals surface area contributed by atoms with Crippen molar-refractivity contribution in [2.24, 2.45) is 0 Å². The fraction of sp³-hybridized carbons (Fsp3) is 0.222. The van der Waals surface area contributed by atoms with Crippen LogP contribution in [0.15, 0.2) is 18.2 Å². The van der Waals surface area contributed by atoms with Gasteiger partial charge >= 0.3 is 6.43 Å². The van der Waals surface area contributed by atoms with Gasteiger partial charge in [-0.25, -0.2) is 8.78 Å². The number of alkyl halides is 2. The van der Waals surface area contributed by atoms with Gasteiger partial charge in [0.05, 0.1) is 17.6 Å². The number of rotatable bonds is 4. The number of non-ortho nitro benzene ring substituents is 1. The molecule has 0 atom stereocenters. The number of carbonyl (C=O) groups excluding carboxylic acids is 1. The molecule has 0 saturated carbocycles. The van der Waals surface area contributed by atoms with E-state index < -0.39 is 28.4 Å². The van der Waals surface area contributed by atoms with Gasteiger partial charge in [-0.15, -0.1) is 0 Å². The van der Waals surface area contributed by atoms with E-state index in [9.17, 15) is 23.7 Å². The van der Waals surface area contributed by atoms with Crippen molar-refractivity contribution in [2.75, 3.05) is 7.11 Å². The Bertz CT molecular complexity index is 434. The number of nitrogens with zero attached hydrogens (tertiary/aromatic N) is 1. The highest BCUT2D eigenvalue weighted by atomic mass is 19.3. The van der Waals surface area contributed by atoms with Gasteiger partial charge in [0.15, 0.2) is 0 Å². The topological polar surface area (TPSA) is 69.4 Å². The number of halogens is 2. The highest BCUT2D eigenvalue weighted by molar-refractivity contribution is 6.01. The molecule has 0 saturated heterocycles. The van der Waals surface area contributed by atoms with Crippen LogP contribution < -0.4 is 4.74 Å². The molecule has 1 rings (SSSR count). The first-order valence-electron chi connectivity index (χ1n) is 4.12. The Kier molecular flexibility index (Phi) is 3.49. The Labute approximate surface area is 88.8 Å². The van der Waals surface area contributed by atoms with Crippen LogP contribution in [0.25, 0.3) is 0 Å². The summed E-state index contributed by atoms with van der Waals surface area (Å²) in [5.74, 6) is -1.61. The van der Waals surface area contributed by atoms with Gasteiger partial charge in [-0.05, 0) is 6.07 Å². The highest BCUT2D eigenvalue weighted by Gasteiger charge is 2.24. The molecule has 0 aliphatic heterocycles. The lowest BCUT2D eigenvalue weighted by Crippen LogP contribution is -2.12. The molecule has 0 spiro atoms. The van der Waals surface area contributed by atoms with Crippen molar-refractivity contribution in [3.63, 3.8) is 0 Å². The van der Waals surface area contributed by atoms with E-state index in [1.807, 2.05) is 0 Å². The first-order valence-corrected chi connectivity index (χ1v) is 4.12. The summed E-state index contributed by atoms with van der Waals surface area (Å²) in [5.41, 5.74) is -0.934. The van der Waals surface area contributed by atoms with E-state index in [4.69, 9.17) is 0 Å². The van der Waals surface area contributed by atoms with Crippen molar-refractivity contribution in [3.05, 3.63) is 33.9 Å². The van der Waals surface area contributed by atoms with Crippen LogP contribution in [0, 0.1) is 10.1 Å². The molecule has 0 aromatic heterocycles. The standard InChI is InChI=1S/C9H7F2NO4/c1-16-7-3-2-5(12(14)15)4-6(7)8(13)9(10)11/h2-4,9H,1H3. The van der Waals surface area contributed by atoms with Gasteiger partial charge in [0, 0.05) is 12.1 Å². The number of benzene rings is 1. The molecule has 0 unspecified atom stereocenters. The van der Waals surface area contributed by atoms with E-state index in [0.29, 0.717) is 0 Å². The Morgan fingerprint density at radius 3 is 2.56 bits per heavy atom. The van der Waals surface area contributed by atoms with Crippen LogP contribution >= 0.6 is 0 Å². The summed E-state index contributed by atoms with van der Waals surface area (Å²) < 4.78 is 29.1. The zero-order valence-electron chi connectivity index (χ0n) is 8.15. The summed E-state index contributed by atoms with van der Waals surface area (Å²) in [4.78, 5) is 20.7. The second-order valence-electron chi connectivity index (χ2n) is 2.81. The smallest absolute Gasteiger partial charge is 0.300 e. The maximum Gasteiger partial charge on any atom is 0.300 e. The molecule has 0 bridgehead atoms. The normalized spacial score (nSPS) is 10.2. The number of nitro groups is 1. The monoisotopic (exact) mass is 231 g/mol. The van der Waals surface area contributed by atoms with Crippen molar-refractivity contribution in [3.8, 4) is 5.75 Å². The average molecular weight is 231 g/mol. The van der Waals surface area contributed by atoms with E-state index in [0.717, 1.165) is 18.2 Å². The summed E-state index contributed by atoms with van der Waals surface area (Å²) in [6.07, 6.45) is -3.23. The molecule has 86 valence electrons. The van der Waals surface area contributed by atoms with Crippen LogP contribution in [0.5, 0.6) is 5.75 Å². The minimum absolute atomic E-state index is 0.115. The zero-order valence-corrected chi connectivity index (χ0v) is 8.15. The molecule has 0 N–H and O–H groups in total. The van der Waals surface area contributed by atoms with Crippen molar-refractivity contribution < 1.29 is 23.2 Å². The molecule has 0 aliphatic carbocycles. The molecule has 0 aliphatic rings. The third-order valence-corrected chi connectivity index (χ3v) is 1.86. The molecule has 0 radical (unpaired) electrons. The minimum Gasteiger partial charge on any atom is -0.496 e. The van der Waals surface area contributed by atoms with Gasteiger partial charge < -0.3 is 4.74 Å². The number of ketones is 1. The van der Waals surface area contributed by atoms with Gasteiger partial charge in [0.25, 0.3) is 5.69 Å². The van der Waals surface area contributed by atoms with E-state index in [-0.39, 0.29) is 5.75 Å². The van der Waals surface area contributed by atoms with Crippen LogP contribution in [-0.4, -0.2) is 24.2 Å². The van der Waals surface area contributed by atoms with Crippen LogP contribution in [0.4, 0.5) is 14.5 Å². The maximum absolute atomic E-state index is 12.2. The van der Waals surface area contributed by atoms with Crippen molar-refractivity contribution in [2.45, 2.75) is 6.43 Å². The minimum atomic E-state index is -3.23. The van der Waals surface area contributed by atoms with Crippen LogP contribution in [0.1, 0.15) is 10.4 Å². The largest absolute Gasteiger partial charge is 0.496 e. The Balaban J connectivity index is 3.27. The van der Waals surface area contributed by atoms with Gasteiger partial charge in [-0.1, -0.05) is 0 Å². The van der Waals surface area contributed by atoms with Gasteiger partial charge in [0.2, 0.25) is 5.78 Å². The molecular formula is C9H7F2NO4. The second kappa shape index (κ2) is 4.65. The van der Waals surface area contributed by atoms with Crippen LogP contribution in [-0.2, 0) is 0 Å². The quantitative estimate of drug-likeness (QED) is 0.451. The van der Waals surface area contributed by atoms with E-state index >= 15 is 0 Å². The number of nitro benzene ring substituents is 1. The average Bonchev–Trinajstić information content (AvgIpc) is 2.26. The fourth-order valence-electron chi connectivity index (χ4n) is 1.12. The highest BCUT2D eigenvalue weighted by Crippen LogP contribution is 2.25. The number of Topliss-reactive ketones (excluding diaryl/α,β-unsaturated/α-hetero) is 1. The predicted molar refractivity (Wildman–Crippen MR) is 50.0 cm³/mol. The molecule has 0 heterocycles. The van der Waals surface area contributed by atoms with Crippen LogP contribution in [0.3, 0.4) is 0 Å². The first kappa shape index (κ1) is 12.0. The first-order chi connectivity index (χ1) is 7.47. The number of hydrogen-bond acceptors (Lipinski definition) is 4. The van der Waals surface area contributed by atoms with Crippen molar-refractivity contribution >= 4 is 11.5 Å². The molecule has 1 aromatic rings. The summed E-state index contributed by atoms with van der Waals surface area (Å²) in [6.45, 7) is 0. The molecular weight excluding hydrogens is 224 g/mol. The van der Waals surface area contributed by atoms with E-state index in [1.54, 1.807) is 0 Å². The lowest BCUT2D eigenvalue weighted by Gasteiger charge is -2.06. The summed E-state index contributed by atoms with van der Waals surface area (Å²) >= 11 is 0. The fourth-order valence-corrected chi connectivity index (χ4v) is 1.12. The van der Waals surface area contributed by atoms with Crippen LogP contribution in [0.2, 0.25) is 0 Å². The van der Waals surface area contributed by atoms with Crippen molar-refractivity contribution in [1.82, 2.24) is 0 Å². The van der Waals surface area contributed by atoms with E-state index in [1.165, 1.54) is 7.11 Å². The van der Waals surface area contributed by atoms with Gasteiger partial charge in [0.1, 0.15) is 5.75 Å². The molecule has 0 fully saturated rings. The number of ether oxygens (including phenoxy) is 1. The van der Waals surface area contributed by atoms with Crippen molar-refractivity contribution in [1.29, 1.82) is 0 Å². The van der Waals surface area contributed by atoms with E-state index in [2.05, 4.69) is 4.74 Å². The Morgan fingerprint density at radius 2 is 2.12 bits per heavy atom. The lowest BCUT2D eigenvalue weighted by atomic mass is 10.1. The second-order valence-corrected chi connectivity index (χ2v) is 2.81. The summed E-state index contributed by atoms with van der Waals surface area (Å²) in [7, 11) is 1.18. The number of hydrogen-bond donors (Lipinski definition) is 0. The lowest BCUT2D eigenvalue weighted by molar-refractivity contribution is -0.384. The Morgan fingerprint density at radius 1 is 1.50 bits per heavy atom.